The van der Waals surface area contributed by atoms with Gasteiger partial charge in [-0.05, 0) is 55.2 Å². The van der Waals surface area contributed by atoms with Crippen LogP contribution in [0.3, 0.4) is 0 Å². The van der Waals surface area contributed by atoms with Gasteiger partial charge >= 0.3 is 6.03 Å². The molecule has 31 heavy (non-hydrogen) atoms. The summed E-state index contributed by atoms with van der Waals surface area (Å²) >= 11 is 0. The highest BCUT2D eigenvalue weighted by Gasteiger charge is 2.31. The molecule has 0 saturated carbocycles. The van der Waals surface area contributed by atoms with E-state index in [1.807, 2.05) is 43.3 Å². The molecule has 1 aliphatic heterocycles. The van der Waals surface area contributed by atoms with Gasteiger partial charge in [0.15, 0.2) is 0 Å². The fourth-order valence-corrected chi connectivity index (χ4v) is 3.84. The molecule has 2 aromatic carbocycles. The molecular weight excluding hydrogens is 388 g/mol. The smallest absolute Gasteiger partial charge is 0.321 e. The Kier molecular flexibility index (Phi) is 7.45. The maximum atomic E-state index is 13.3. The monoisotopic (exact) mass is 416 g/mol. The average molecular weight is 417 g/mol. The zero-order valence-corrected chi connectivity index (χ0v) is 17.9. The Bertz CT molecular complexity index is 978. The minimum absolute atomic E-state index is 0.0253. The fraction of sp³-hybridized carbons (Fsp3) is 0.320. The van der Waals surface area contributed by atoms with Gasteiger partial charge in [-0.3, -0.25) is 4.79 Å². The van der Waals surface area contributed by atoms with Crippen molar-refractivity contribution < 1.29 is 9.59 Å². The number of piperidine rings is 1. The summed E-state index contributed by atoms with van der Waals surface area (Å²) in [5.41, 5.74) is 3.38. The highest BCUT2D eigenvalue weighted by molar-refractivity contribution is 5.90. The van der Waals surface area contributed by atoms with Crippen LogP contribution in [0.2, 0.25) is 0 Å². The van der Waals surface area contributed by atoms with Crippen LogP contribution in [0.25, 0.3) is 0 Å². The Labute approximate surface area is 183 Å². The van der Waals surface area contributed by atoms with Crippen molar-refractivity contribution in [1.82, 2.24) is 9.80 Å². The molecule has 1 aliphatic rings. The fourth-order valence-electron chi connectivity index (χ4n) is 3.84. The number of carbonyl (C=O) groups is 2. The van der Waals surface area contributed by atoms with Gasteiger partial charge in [-0.25, -0.2) is 4.79 Å². The second kappa shape index (κ2) is 10.4. The van der Waals surface area contributed by atoms with Gasteiger partial charge in [0.05, 0.1) is 17.6 Å². The maximum absolute atomic E-state index is 13.3. The number of aryl methyl sites for hydroxylation is 1. The van der Waals surface area contributed by atoms with Crippen LogP contribution in [0.5, 0.6) is 0 Å². The summed E-state index contributed by atoms with van der Waals surface area (Å²) in [6, 6.07) is 16.8. The topological polar surface area (TPSA) is 76.4 Å². The number of likely N-dealkylation sites (tertiary alicyclic amines) is 1. The largest absolute Gasteiger partial charge is 0.334 e. The van der Waals surface area contributed by atoms with Gasteiger partial charge in [0.2, 0.25) is 5.91 Å². The summed E-state index contributed by atoms with van der Waals surface area (Å²) in [5.74, 6) is -0.215. The molecule has 0 radical (unpaired) electrons. The number of rotatable bonds is 6. The predicted octanol–water partition coefficient (Wildman–Crippen LogP) is 4.33. The molecule has 1 unspecified atom stereocenters. The Morgan fingerprint density at radius 2 is 2.06 bits per heavy atom. The lowest BCUT2D eigenvalue weighted by molar-refractivity contribution is -0.137. The highest BCUT2D eigenvalue weighted by Crippen LogP contribution is 2.21. The van der Waals surface area contributed by atoms with Gasteiger partial charge in [-0.15, -0.1) is 6.58 Å². The molecule has 1 heterocycles. The number of carbonyl (C=O) groups excluding carboxylic acids is 2. The molecule has 3 amide bonds. The molecule has 0 aromatic heterocycles. The first-order valence-electron chi connectivity index (χ1n) is 10.5. The number of nitriles is 1. The zero-order chi connectivity index (χ0) is 22.2. The number of hydrogen-bond donors (Lipinski definition) is 1. The van der Waals surface area contributed by atoms with Crippen LogP contribution in [-0.2, 0) is 11.3 Å². The van der Waals surface area contributed by atoms with E-state index in [0.717, 1.165) is 29.7 Å². The van der Waals surface area contributed by atoms with E-state index >= 15 is 0 Å². The summed E-state index contributed by atoms with van der Waals surface area (Å²) in [4.78, 5) is 29.5. The van der Waals surface area contributed by atoms with Crippen LogP contribution >= 0.6 is 0 Å². The lowest BCUT2D eigenvalue weighted by Crippen LogP contribution is -2.47. The van der Waals surface area contributed by atoms with Gasteiger partial charge < -0.3 is 15.1 Å². The number of anilines is 1. The highest BCUT2D eigenvalue weighted by atomic mass is 16.2. The Balaban J connectivity index is 1.64. The quantitative estimate of drug-likeness (QED) is 0.712. The van der Waals surface area contributed by atoms with E-state index in [1.54, 1.807) is 28.0 Å². The van der Waals surface area contributed by atoms with Gasteiger partial charge in [-0.1, -0.05) is 30.3 Å². The summed E-state index contributed by atoms with van der Waals surface area (Å²) in [6.07, 6.45) is 3.26. The van der Waals surface area contributed by atoms with Gasteiger partial charge in [0, 0.05) is 31.9 Å². The first-order chi connectivity index (χ1) is 15.0. The third-order valence-electron chi connectivity index (χ3n) is 5.44. The minimum Gasteiger partial charge on any atom is -0.334 e. The molecule has 1 saturated heterocycles. The predicted molar refractivity (Wildman–Crippen MR) is 121 cm³/mol. The summed E-state index contributed by atoms with van der Waals surface area (Å²) in [6.45, 7) is 7.68. The van der Waals surface area contributed by atoms with Gasteiger partial charge in [0.25, 0.3) is 0 Å². The van der Waals surface area contributed by atoms with Crippen LogP contribution in [0.1, 0.15) is 29.5 Å². The lowest BCUT2D eigenvalue weighted by atomic mass is 9.96. The number of amides is 3. The van der Waals surface area contributed by atoms with Gasteiger partial charge in [0.1, 0.15) is 0 Å². The molecule has 0 bridgehead atoms. The van der Waals surface area contributed by atoms with E-state index in [1.165, 1.54) is 0 Å². The van der Waals surface area contributed by atoms with E-state index in [4.69, 9.17) is 5.26 Å². The van der Waals surface area contributed by atoms with Crippen LogP contribution in [0, 0.1) is 24.2 Å². The van der Waals surface area contributed by atoms with Crippen molar-refractivity contribution in [2.45, 2.75) is 26.3 Å². The van der Waals surface area contributed by atoms with Gasteiger partial charge in [-0.2, -0.15) is 5.26 Å². The minimum atomic E-state index is -0.240. The van der Waals surface area contributed by atoms with E-state index in [2.05, 4.69) is 18.0 Å². The number of hydrogen-bond acceptors (Lipinski definition) is 3. The summed E-state index contributed by atoms with van der Waals surface area (Å²) in [7, 11) is 0. The van der Waals surface area contributed by atoms with Crippen molar-refractivity contribution in [1.29, 1.82) is 5.26 Å². The number of benzene rings is 2. The summed E-state index contributed by atoms with van der Waals surface area (Å²) < 4.78 is 0. The Morgan fingerprint density at radius 3 is 2.74 bits per heavy atom. The molecule has 0 aliphatic carbocycles. The average Bonchev–Trinajstić information content (AvgIpc) is 2.79. The third-order valence-corrected chi connectivity index (χ3v) is 5.44. The molecule has 160 valence electrons. The molecule has 6 heteroatoms. The molecule has 1 N–H and O–H groups in total. The first-order valence-corrected chi connectivity index (χ1v) is 10.5. The summed E-state index contributed by atoms with van der Waals surface area (Å²) in [5, 5.41) is 11.9. The van der Waals surface area contributed by atoms with E-state index < -0.39 is 0 Å². The number of nitrogens with one attached hydrogen (secondary N) is 1. The Hall–Kier alpha value is -3.59. The van der Waals surface area contributed by atoms with Crippen LogP contribution < -0.4 is 5.32 Å². The molecular formula is C25H28N4O2. The lowest BCUT2D eigenvalue weighted by Gasteiger charge is -2.35. The first kappa shape index (κ1) is 22.1. The second-order valence-electron chi connectivity index (χ2n) is 7.90. The third kappa shape index (κ3) is 5.95. The van der Waals surface area contributed by atoms with Crippen molar-refractivity contribution >= 4 is 17.6 Å². The van der Waals surface area contributed by atoms with Crippen molar-refractivity contribution in [3.63, 3.8) is 0 Å². The molecule has 6 nitrogen and oxygen atoms in total. The van der Waals surface area contributed by atoms with Crippen LogP contribution in [0.4, 0.5) is 10.5 Å². The van der Waals surface area contributed by atoms with Crippen molar-refractivity contribution in [2.75, 3.05) is 25.0 Å². The van der Waals surface area contributed by atoms with Crippen molar-refractivity contribution in [3.05, 3.63) is 77.9 Å². The standard InChI is InChI=1S/C25H28N4O2/c1-3-13-28(17-21-11-9-20(16-26)10-12-21)24(30)22-7-5-14-29(18-22)25(31)27-23-8-4-6-19(2)15-23/h3-4,6,8-12,15,22H,1,5,7,13-14,17-18H2,2H3,(H,27,31). The number of nitrogens with zero attached hydrogens (tertiary/aromatic N) is 3. The maximum Gasteiger partial charge on any atom is 0.321 e. The van der Waals surface area contributed by atoms with E-state index in [-0.39, 0.29) is 17.9 Å². The van der Waals surface area contributed by atoms with Crippen LogP contribution in [-0.4, -0.2) is 41.4 Å². The normalized spacial score (nSPS) is 15.6. The van der Waals surface area contributed by atoms with E-state index in [0.29, 0.717) is 31.7 Å². The van der Waals surface area contributed by atoms with Crippen LogP contribution in [0.15, 0.2) is 61.2 Å². The molecule has 1 fully saturated rings. The molecule has 1 atom stereocenters. The van der Waals surface area contributed by atoms with Crippen molar-refractivity contribution in [3.8, 4) is 6.07 Å². The molecule has 0 spiro atoms. The number of urea groups is 1. The molecule has 3 rings (SSSR count). The second-order valence-corrected chi connectivity index (χ2v) is 7.90. The Morgan fingerprint density at radius 1 is 1.29 bits per heavy atom. The zero-order valence-electron chi connectivity index (χ0n) is 17.9. The van der Waals surface area contributed by atoms with E-state index in [9.17, 15) is 9.59 Å². The molecule has 2 aromatic rings. The van der Waals surface area contributed by atoms with Crippen molar-refractivity contribution in [2.24, 2.45) is 5.92 Å². The SMILES string of the molecule is C=CCN(Cc1ccc(C#N)cc1)C(=O)C1CCCN(C(=O)Nc2cccc(C)c2)C1.